The minimum absolute atomic E-state index is 0.0382. The van der Waals surface area contributed by atoms with Gasteiger partial charge in [0.25, 0.3) is 0 Å². The normalized spacial score (nSPS) is 12.0. The Balaban J connectivity index is 2.80. The Morgan fingerprint density at radius 1 is 1.12 bits per heavy atom. The van der Waals surface area contributed by atoms with Crippen molar-refractivity contribution < 1.29 is 9.59 Å². The molecule has 0 aliphatic heterocycles. The van der Waals surface area contributed by atoms with E-state index in [9.17, 15) is 9.59 Å². The number of hydrogen-bond acceptors (Lipinski definition) is 2. The van der Waals surface area contributed by atoms with Crippen LogP contribution in [-0.4, -0.2) is 35.8 Å². The van der Waals surface area contributed by atoms with E-state index in [2.05, 4.69) is 31.3 Å². The highest BCUT2D eigenvalue weighted by Crippen LogP contribution is 2.11. The summed E-state index contributed by atoms with van der Waals surface area (Å²) in [5.41, 5.74) is 1.18. The first-order valence-corrected chi connectivity index (χ1v) is 9.10. The van der Waals surface area contributed by atoms with Crippen molar-refractivity contribution in [1.82, 2.24) is 10.2 Å². The maximum atomic E-state index is 12.6. The van der Waals surface area contributed by atoms with Crippen LogP contribution in [0.1, 0.15) is 52.5 Å². The van der Waals surface area contributed by atoms with Gasteiger partial charge in [0.05, 0.1) is 0 Å². The summed E-state index contributed by atoms with van der Waals surface area (Å²) in [6.07, 6.45) is 2.69. The second kappa shape index (κ2) is 10.8. The van der Waals surface area contributed by atoms with Crippen LogP contribution in [0.3, 0.4) is 0 Å². The molecule has 0 aromatic heterocycles. The van der Waals surface area contributed by atoms with Crippen LogP contribution in [0.2, 0.25) is 0 Å². The first-order chi connectivity index (χ1) is 11.5. The van der Waals surface area contributed by atoms with Crippen LogP contribution >= 0.6 is 0 Å². The van der Waals surface area contributed by atoms with E-state index in [1.807, 2.05) is 32.0 Å². The third-order valence-corrected chi connectivity index (χ3v) is 4.02. The molecule has 4 heteroatoms. The molecule has 2 amide bonds. The number of carbonyl (C=O) groups excluding carboxylic acids is 2. The topological polar surface area (TPSA) is 49.4 Å². The molecule has 0 bridgehead atoms. The van der Waals surface area contributed by atoms with Gasteiger partial charge in [0.2, 0.25) is 11.8 Å². The van der Waals surface area contributed by atoms with Gasteiger partial charge in [0.15, 0.2) is 0 Å². The fourth-order valence-corrected chi connectivity index (χ4v) is 2.68. The van der Waals surface area contributed by atoms with Crippen molar-refractivity contribution in [3.8, 4) is 0 Å². The van der Waals surface area contributed by atoms with Gasteiger partial charge in [-0.3, -0.25) is 9.59 Å². The Morgan fingerprint density at radius 2 is 1.79 bits per heavy atom. The summed E-state index contributed by atoms with van der Waals surface area (Å²) in [5, 5.41) is 2.98. The summed E-state index contributed by atoms with van der Waals surface area (Å²) in [4.78, 5) is 26.9. The maximum absolute atomic E-state index is 12.6. The average molecular weight is 332 g/mol. The molecule has 0 spiro atoms. The van der Waals surface area contributed by atoms with E-state index in [0.29, 0.717) is 31.8 Å². The molecule has 1 atom stereocenters. The molecule has 24 heavy (non-hydrogen) atoms. The molecule has 0 saturated heterocycles. The maximum Gasteiger partial charge on any atom is 0.242 e. The van der Waals surface area contributed by atoms with Gasteiger partial charge >= 0.3 is 0 Å². The molecular formula is C20H32N2O2. The van der Waals surface area contributed by atoms with Gasteiger partial charge in [-0.2, -0.15) is 0 Å². The van der Waals surface area contributed by atoms with Crippen LogP contribution in [0.15, 0.2) is 30.3 Å². The van der Waals surface area contributed by atoms with E-state index in [4.69, 9.17) is 0 Å². The van der Waals surface area contributed by atoms with E-state index >= 15 is 0 Å². The van der Waals surface area contributed by atoms with Crippen LogP contribution in [-0.2, 0) is 16.0 Å². The Hall–Kier alpha value is -1.84. The lowest BCUT2D eigenvalue weighted by Gasteiger charge is -2.31. The molecule has 0 aliphatic rings. The van der Waals surface area contributed by atoms with Gasteiger partial charge in [-0.25, -0.2) is 0 Å². The van der Waals surface area contributed by atoms with E-state index in [1.54, 1.807) is 4.90 Å². The van der Waals surface area contributed by atoms with Crippen molar-refractivity contribution in [3.63, 3.8) is 0 Å². The third-order valence-electron chi connectivity index (χ3n) is 4.02. The van der Waals surface area contributed by atoms with E-state index in [0.717, 1.165) is 12.8 Å². The molecule has 134 valence electrons. The Morgan fingerprint density at radius 3 is 2.33 bits per heavy atom. The number of benzene rings is 1. The molecule has 1 aromatic carbocycles. The molecule has 1 aromatic rings. The average Bonchev–Trinajstić information content (AvgIpc) is 2.57. The summed E-state index contributed by atoms with van der Waals surface area (Å²) in [6, 6.07) is 9.72. The van der Waals surface area contributed by atoms with Gasteiger partial charge in [-0.1, -0.05) is 58.0 Å². The lowest BCUT2D eigenvalue weighted by atomic mass is 10.1. The lowest BCUT2D eigenvalue weighted by molar-refractivity contribution is -0.140. The van der Waals surface area contributed by atoms with Crippen LogP contribution in [0, 0.1) is 5.92 Å². The van der Waals surface area contributed by atoms with E-state index < -0.39 is 0 Å². The predicted octanol–water partition coefficient (Wildman–Crippen LogP) is 3.41. The summed E-state index contributed by atoms with van der Waals surface area (Å²) < 4.78 is 0. The van der Waals surface area contributed by atoms with Crippen molar-refractivity contribution in [1.29, 1.82) is 0 Å². The van der Waals surface area contributed by atoms with Crippen LogP contribution in [0.4, 0.5) is 0 Å². The summed E-state index contributed by atoms with van der Waals surface area (Å²) >= 11 is 0. The van der Waals surface area contributed by atoms with Gasteiger partial charge in [0, 0.05) is 19.5 Å². The molecule has 1 rings (SSSR count). The monoisotopic (exact) mass is 332 g/mol. The second-order valence-electron chi connectivity index (χ2n) is 6.64. The summed E-state index contributed by atoms with van der Waals surface area (Å²) in [5.74, 6) is 0.430. The fourth-order valence-electron chi connectivity index (χ4n) is 2.68. The summed E-state index contributed by atoms with van der Waals surface area (Å²) in [6.45, 7) is 9.31. The van der Waals surface area contributed by atoms with Crippen LogP contribution in [0.25, 0.3) is 0 Å². The summed E-state index contributed by atoms with van der Waals surface area (Å²) in [7, 11) is 0. The van der Waals surface area contributed by atoms with Crippen LogP contribution in [0.5, 0.6) is 0 Å². The molecule has 0 aliphatic carbocycles. The smallest absolute Gasteiger partial charge is 0.242 e. The minimum atomic E-state index is -0.383. The van der Waals surface area contributed by atoms with Crippen molar-refractivity contribution in [3.05, 3.63) is 35.9 Å². The highest BCUT2D eigenvalue weighted by Gasteiger charge is 2.27. The van der Waals surface area contributed by atoms with Crippen LogP contribution < -0.4 is 5.32 Å². The van der Waals surface area contributed by atoms with E-state index in [-0.39, 0.29) is 17.9 Å². The first kappa shape index (κ1) is 20.2. The zero-order valence-corrected chi connectivity index (χ0v) is 15.5. The Kier molecular flexibility index (Phi) is 9.13. The largest absolute Gasteiger partial charge is 0.354 e. The highest BCUT2D eigenvalue weighted by molar-refractivity contribution is 5.87. The molecule has 0 radical (unpaired) electrons. The Labute approximate surface area is 146 Å². The number of rotatable bonds is 10. The second-order valence-corrected chi connectivity index (χ2v) is 6.64. The molecule has 1 unspecified atom stereocenters. The lowest BCUT2D eigenvalue weighted by Crippen LogP contribution is -2.50. The van der Waals surface area contributed by atoms with Crippen molar-refractivity contribution in [2.24, 2.45) is 5.92 Å². The molecular weight excluding hydrogens is 300 g/mol. The standard InChI is InChI=1S/C20H32N2O2/c1-5-10-19(23)22(14-13-17-11-8-7-9-12-17)18(6-2)20(24)21-15-16(3)4/h7-9,11-12,16,18H,5-6,10,13-15H2,1-4H3,(H,21,24). The number of carbonyl (C=O) groups is 2. The van der Waals surface area contributed by atoms with Crippen molar-refractivity contribution in [2.75, 3.05) is 13.1 Å². The molecule has 0 saturated carbocycles. The highest BCUT2D eigenvalue weighted by atomic mass is 16.2. The number of nitrogens with zero attached hydrogens (tertiary/aromatic N) is 1. The number of nitrogens with one attached hydrogen (secondary N) is 1. The SMILES string of the molecule is CCCC(=O)N(CCc1ccccc1)C(CC)C(=O)NCC(C)C. The number of hydrogen-bond donors (Lipinski definition) is 1. The van der Waals surface area contributed by atoms with Gasteiger partial charge in [-0.05, 0) is 30.7 Å². The zero-order valence-electron chi connectivity index (χ0n) is 15.5. The first-order valence-electron chi connectivity index (χ1n) is 9.10. The van der Waals surface area contributed by atoms with E-state index in [1.165, 1.54) is 5.56 Å². The molecule has 0 heterocycles. The van der Waals surface area contributed by atoms with Crippen molar-refractivity contribution >= 4 is 11.8 Å². The van der Waals surface area contributed by atoms with Gasteiger partial charge in [-0.15, -0.1) is 0 Å². The quantitative estimate of drug-likeness (QED) is 0.714. The van der Waals surface area contributed by atoms with Gasteiger partial charge < -0.3 is 10.2 Å². The third kappa shape index (κ3) is 6.73. The molecule has 4 nitrogen and oxygen atoms in total. The Bertz CT molecular complexity index is 500. The zero-order chi connectivity index (χ0) is 17.9. The number of amides is 2. The van der Waals surface area contributed by atoms with Crippen molar-refractivity contribution in [2.45, 2.75) is 59.4 Å². The van der Waals surface area contributed by atoms with Gasteiger partial charge in [0.1, 0.15) is 6.04 Å². The fraction of sp³-hybridized carbons (Fsp3) is 0.600. The molecule has 1 N–H and O–H groups in total. The predicted molar refractivity (Wildman–Crippen MR) is 98.7 cm³/mol. The minimum Gasteiger partial charge on any atom is -0.354 e. The molecule has 0 fully saturated rings.